The zero-order chi connectivity index (χ0) is 17.5. The highest BCUT2D eigenvalue weighted by molar-refractivity contribution is 8.00. The zero-order valence-electron chi connectivity index (χ0n) is 13.5. The van der Waals surface area contributed by atoms with E-state index in [0.717, 1.165) is 5.56 Å². The fourth-order valence-electron chi connectivity index (χ4n) is 2.17. The van der Waals surface area contributed by atoms with Gasteiger partial charge >= 0.3 is 5.97 Å². The van der Waals surface area contributed by atoms with Crippen LogP contribution in [0.5, 0.6) is 5.75 Å². The molecule has 1 amide bonds. The Balaban J connectivity index is 1.99. The molecule has 2 aromatic rings. The molecule has 24 heavy (non-hydrogen) atoms. The number of benzene rings is 2. The molecule has 1 atom stereocenters. The van der Waals surface area contributed by atoms with Crippen molar-refractivity contribution in [2.75, 3.05) is 7.11 Å². The fraction of sp³-hybridized carbons (Fsp3) is 0.222. The third-order valence-electron chi connectivity index (χ3n) is 3.44. The van der Waals surface area contributed by atoms with Crippen LogP contribution in [0, 0.1) is 0 Å². The number of thioether (sulfide) groups is 1. The third kappa shape index (κ3) is 4.52. The van der Waals surface area contributed by atoms with Crippen molar-refractivity contribution in [2.24, 2.45) is 0 Å². The van der Waals surface area contributed by atoms with E-state index in [1.807, 2.05) is 24.3 Å². The Morgan fingerprint density at radius 2 is 1.83 bits per heavy atom. The van der Waals surface area contributed by atoms with E-state index in [1.54, 1.807) is 32.2 Å². The van der Waals surface area contributed by atoms with E-state index in [9.17, 15) is 14.7 Å². The van der Waals surface area contributed by atoms with Crippen molar-refractivity contribution in [2.45, 2.75) is 23.6 Å². The largest absolute Gasteiger partial charge is 0.496 e. The minimum absolute atomic E-state index is 0.161. The second kappa shape index (κ2) is 8.40. The van der Waals surface area contributed by atoms with Crippen LogP contribution in [0.4, 0.5) is 0 Å². The van der Waals surface area contributed by atoms with Gasteiger partial charge in [0.2, 0.25) is 5.91 Å². The Labute approximate surface area is 145 Å². The second-order valence-electron chi connectivity index (χ2n) is 5.09. The van der Waals surface area contributed by atoms with Crippen molar-refractivity contribution in [3.8, 4) is 5.75 Å². The first kappa shape index (κ1) is 17.9. The lowest BCUT2D eigenvalue weighted by Crippen LogP contribution is -2.30. The van der Waals surface area contributed by atoms with Crippen LogP contribution in [-0.4, -0.2) is 29.3 Å². The van der Waals surface area contributed by atoms with Crippen LogP contribution in [0.1, 0.15) is 22.8 Å². The topological polar surface area (TPSA) is 75.6 Å². The highest BCUT2D eigenvalue weighted by Crippen LogP contribution is 2.27. The average Bonchev–Trinajstić information content (AvgIpc) is 2.60. The van der Waals surface area contributed by atoms with Gasteiger partial charge < -0.3 is 15.2 Å². The Morgan fingerprint density at radius 1 is 1.17 bits per heavy atom. The van der Waals surface area contributed by atoms with Crippen molar-refractivity contribution in [3.63, 3.8) is 0 Å². The first-order chi connectivity index (χ1) is 11.5. The second-order valence-corrected chi connectivity index (χ2v) is 6.47. The quantitative estimate of drug-likeness (QED) is 0.754. The summed E-state index contributed by atoms with van der Waals surface area (Å²) in [5.41, 5.74) is 1.09. The number of carbonyl (C=O) groups is 2. The van der Waals surface area contributed by atoms with Gasteiger partial charge in [-0.2, -0.15) is 0 Å². The Hall–Kier alpha value is -2.47. The van der Waals surface area contributed by atoms with Gasteiger partial charge in [-0.05, 0) is 25.1 Å². The van der Waals surface area contributed by atoms with Crippen LogP contribution in [0.3, 0.4) is 0 Å². The molecular formula is C18H19NO4S. The predicted molar refractivity (Wildman–Crippen MR) is 93.6 cm³/mol. The van der Waals surface area contributed by atoms with E-state index in [2.05, 4.69) is 5.32 Å². The lowest BCUT2D eigenvalue weighted by molar-refractivity contribution is -0.120. The predicted octanol–water partition coefficient (Wildman–Crippen LogP) is 3.19. The molecule has 0 saturated carbocycles. The number of para-hydroxylation sites is 1. The summed E-state index contributed by atoms with van der Waals surface area (Å²) in [5, 5.41) is 11.6. The van der Waals surface area contributed by atoms with E-state index in [1.165, 1.54) is 17.8 Å². The SMILES string of the molecule is COc1ccccc1CNC(=O)[C@@H](C)Sc1ccccc1C(=O)O. The van der Waals surface area contributed by atoms with Gasteiger partial charge in [-0.15, -0.1) is 11.8 Å². The van der Waals surface area contributed by atoms with E-state index in [0.29, 0.717) is 17.2 Å². The number of methoxy groups -OCH3 is 1. The minimum Gasteiger partial charge on any atom is -0.496 e. The van der Waals surface area contributed by atoms with Crippen molar-refractivity contribution in [1.82, 2.24) is 5.32 Å². The van der Waals surface area contributed by atoms with Gasteiger partial charge in [-0.25, -0.2) is 4.79 Å². The summed E-state index contributed by atoms with van der Waals surface area (Å²) in [4.78, 5) is 24.1. The molecule has 2 rings (SSSR count). The molecule has 0 aliphatic carbocycles. The van der Waals surface area contributed by atoms with Crippen molar-refractivity contribution < 1.29 is 19.4 Å². The minimum atomic E-state index is -1.00. The van der Waals surface area contributed by atoms with E-state index >= 15 is 0 Å². The maximum Gasteiger partial charge on any atom is 0.336 e. The van der Waals surface area contributed by atoms with Crippen LogP contribution in [0.25, 0.3) is 0 Å². The summed E-state index contributed by atoms with van der Waals surface area (Å²) in [6.07, 6.45) is 0. The molecule has 126 valence electrons. The molecule has 0 unspecified atom stereocenters. The van der Waals surface area contributed by atoms with Crippen LogP contribution < -0.4 is 10.1 Å². The molecule has 0 aliphatic rings. The van der Waals surface area contributed by atoms with Crippen LogP contribution in [-0.2, 0) is 11.3 Å². The van der Waals surface area contributed by atoms with Gasteiger partial charge in [-0.3, -0.25) is 4.79 Å². The monoisotopic (exact) mass is 345 g/mol. The third-order valence-corrected chi connectivity index (χ3v) is 4.61. The zero-order valence-corrected chi connectivity index (χ0v) is 14.3. The number of hydrogen-bond donors (Lipinski definition) is 2. The van der Waals surface area contributed by atoms with Crippen LogP contribution in [0.2, 0.25) is 0 Å². The molecule has 0 spiro atoms. The maximum atomic E-state index is 12.3. The van der Waals surface area contributed by atoms with Gasteiger partial charge in [0.15, 0.2) is 0 Å². The summed E-state index contributed by atoms with van der Waals surface area (Å²) >= 11 is 1.23. The number of amides is 1. The normalized spacial score (nSPS) is 11.6. The highest BCUT2D eigenvalue weighted by atomic mass is 32.2. The van der Waals surface area contributed by atoms with Crippen molar-refractivity contribution >= 4 is 23.6 Å². The molecular weight excluding hydrogens is 326 g/mol. The first-order valence-electron chi connectivity index (χ1n) is 7.41. The van der Waals surface area contributed by atoms with Crippen LogP contribution in [0.15, 0.2) is 53.4 Å². The van der Waals surface area contributed by atoms with E-state index in [-0.39, 0.29) is 11.5 Å². The summed E-state index contributed by atoms with van der Waals surface area (Å²) < 4.78 is 5.25. The standard InChI is InChI=1S/C18H19NO4S/c1-12(24-16-10-6-4-8-14(16)18(21)22)17(20)19-11-13-7-3-5-9-15(13)23-2/h3-10,12H,11H2,1-2H3,(H,19,20)(H,21,22)/t12-/m1/s1. The van der Waals surface area contributed by atoms with E-state index in [4.69, 9.17) is 4.74 Å². The fourth-order valence-corrected chi connectivity index (χ4v) is 3.18. The number of carboxylic acid groups (broad SMARTS) is 1. The Kier molecular flexibility index (Phi) is 6.26. The molecule has 5 nitrogen and oxygen atoms in total. The molecule has 0 aliphatic heterocycles. The maximum absolute atomic E-state index is 12.3. The molecule has 0 fully saturated rings. The summed E-state index contributed by atoms with van der Waals surface area (Å²) in [6.45, 7) is 2.11. The van der Waals surface area contributed by atoms with Crippen molar-refractivity contribution in [1.29, 1.82) is 0 Å². The van der Waals surface area contributed by atoms with Gasteiger partial charge in [0.25, 0.3) is 0 Å². The van der Waals surface area contributed by atoms with Gasteiger partial charge in [0.1, 0.15) is 5.75 Å². The summed E-state index contributed by atoms with van der Waals surface area (Å²) in [5.74, 6) is -0.444. The number of hydrogen-bond acceptors (Lipinski definition) is 4. The van der Waals surface area contributed by atoms with Gasteiger partial charge in [0, 0.05) is 17.0 Å². The summed E-state index contributed by atoms with van der Waals surface area (Å²) in [6, 6.07) is 14.1. The number of rotatable bonds is 7. The molecule has 6 heteroatoms. The smallest absolute Gasteiger partial charge is 0.336 e. The lowest BCUT2D eigenvalue weighted by Gasteiger charge is -2.14. The molecule has 0 radical (unpaired) electrons. The number of aromatic carboxylic acids is 1. The molecule has 0 saturated heterocycles. The Bertz CT molecular complexity index is 732. The van der Waals surface area contributed by atoms with Crippen molar-refractivity contribution in [3.05, 3.63) is 59.7 Å². The average molecular weight is 345 g/mol. The van der Waals surface area contributed by atoms with E-state index < -0.39 is 11.2 Å². The van der Waals surface area contributed by atoms with Gasteiger partial charge in [0.05, 0.1) is 17.9 Å². The molecule has 2 N–H and O–H groups in total. The molecule has 0 heterocycles. The number of carbonyl (C=O) groups excluding carboxylic acids is 1. The first-order valence-corrected chi connectivity index (χ1v) is 8.29. The Morgan fingerprint density at radius 3 is 2.54 bits per heavy atom. The molecule has 0 bridgehead atoms. The molecule has 2 aromatic carbocycles. The highest BCUT2D eigenvalue weighted by Gasteiger charge is 2.18. The number of nitrogens with one attached hydrogen (secondary N) is 1. The molecule has 0 aromatic heterocycles. The van der Waals surface area contributed by atoms with Gasteiger partial charge in [-0.1, -0.05) is 30.3 Å². The lowest BCUT2D eigenvalue weighted by atomic mass is 10.2. The van der Waals surface area contributed by atoms with Crippen LogP contribution >= 0.6 is 11.8 Å². The summed E-state index contributed by atoms with van der Waals surface area (Å²) in [7, 11) is 1.59. The number of ether oxygens (including phenoxy) is 1. The number of carboxylic acids is 1.